The van der Waals surface area contributed by atoms with E-state index >= 15 is 0 Å². The first-order valence-corrected chi connectivity index (χ1v) is 17.3. The van der Waals surface area contributed by atoms with E-state index in [0.29, 0.717) is 44.4 Å². The molecule has 0 aliphatic carbocycles. The van der Waals surface area contributed by atoms with Crippen LogP contribution in [0.25, 0.3) is 6.08 Å². The molecule has 0 bridgehead atoms. The van der Waals surface area contributed by atoms with Crippen molar-refractivity contribution in [1.82, 2.24) is 4.57 Å². The van der Waals surface area contributed by atoms with E-state index in [1.807, 2.05) is 12.1 Å². The van der Waals surface area contributed by atoms with Gasteiger partial charge in [0.1, 0.15) is 12.4 Å². The van der Waals surface area contributed by atoms with Gasteiger partial charge in [0.15, 0.2) is 22.9 Å². The van der Waals surface area contributed by atoms with Crippen LogP contribution in [0.2, 0.25) is 0 Å². The van der Waals surface area contributed by atoms with Gasteiger partial charge < -0.3 is 28.8 Å². The summed E-state index contributed by atoms with van der Waals surface area (Å²) >= 11 is 3.36. The molecule has 0 amide bonds. The van der Waals surface area contributed by atoms with Crippen LogP contribution in [0.3, 0.4) is 0 Å². The van der Waals surface area contributed by atoms with Crippen molar-refractivity contribution in [2.24, 2.45) is 4.99 Å². The van der Waals surface area contributed by atoms with E-state index in [2.05, 4.69) is 32.3 Å². The van der Waals surface area contributed by atoms with Crippen LogP contribution in [0.5, 0.6) is 17.2 Å². The van der Waals surface area contributed by atoms with Crippen molar-refractivity contribution in [3.8, 4) is 17.2 Å². The second-order valence-corrected chi connectivity index (χ2v) is 13.0. The number of allylic oxidation sites excluding steroid dienone is 1. The third-order valence-corrected chi connectivity index (χ3v) is 9.35. The van der Waals surface area contributed by atoms with Crippen molar-refractivity contribution in [3.05, 3.63) is 117 Å². The van der Waals surface area contributed by atoms with E-state index in [-0.39, 0.29) is 36.5 Å². The zero-order valence-corrected chi connectivity index (χ0v) is 30.5. The van der Waals surface area contributed by atoms with Gasteiger partial charge in [0.05, 0.1) is 51.3 Å². The summed E-state index contributed by atoms with van der Waals surface area (Å²) in [5, 5.41) is 9.12. The molecule has 260 valence electrons. The maximum Gasteiger partial charge on any atom is 0.343 e. The summed E-state index contributed by atoms with van der Waals surface area (Å²) in [4.78, 5) is 55.4. The minimum absolute atomic E-state index is 0.132. The van der Waals surface area contributed by atoms with Crippen LogP contribution in [0, 0.1) is 3.57 Å². The number of carbonyl (C=O) groups is 3. The van der Waals surface area contributed by atoms with E-state index in [1.54, 1.807) is 63.2 Å². The van der Waals surface area contributed by atoms with Gasteiger partial charge in [-0.25, -0.2) is 19.4 Å². The second-order valence-electron chi connectivity index (χ2n) is 10.8. The molecular formula is C36H33IN2O10S. The van der Waals surface area contributed by atoms with Crippen LogP contribution < -0.4 is 29.1 Å². The highest BCUT2D eigenvalue weighted by Gasteiger charge is 2.34. The van der Waals surface area contributed by atoms with Gasteiger partial charge in [0.25, 0.3) is 5.56 Å². The molecule has 0 spiro atoms. The van der Waals surface area contributed by atoms with E-state index in [0.717, 1.165) is 14.7 Å². The molecule has 3 aromatic carbocycles. The zero-order valence-electron chi connectivity index (χ0n) is 27.6. The molecule has 0 unspecified atom stereocenters. The number of ether oxygens (including phenoxy) is 5. The molecular weight excluding hydrogens is 779 g/mol. The van der Waals surface area contributed by atoms with Crippen LogP contribution >= 0.6 is 33.9 Å². The lowest BCUT2D eigenvalue weighted by Crippen LogP contribution is -2.40. The van der Waals surface area contributed by atoms with Crippen molar-refractivity contribution in [3.63, 3.8) is 0 Å². The van der Waals surface area contributed by atoms with E-state index in [1.165, 1.54) is 35.1 Å². The first-order valence-electron chi connectivity index (χ1n) is 15.4. The lowest BCUT2D eigenvalue weighted by Gasteiger charge is -2.25. The van der Waals surface area contributed by atoms with Crippen LogP contribution in [-0.2, 0) is 25.7 Å². The largest absolute Gasteiger partial charge is 0.490 e. The van der Waals surface area contributed by atoms with E-state index in [9.17, 15) is 19.2 Å². The maximum absolute atomic E-state index is 14.1. The Morgan fingerprint density at radius 1 is 0.960 bits per heavy atom. The number of thiazole rings is 1. The Morgan fingerprint density at radius 3 is 2.36 bits per heavy atom. The monoisotopic (exact) mass is 812 g/mol. The number of aromatic carboxylic acids is 1. The number of carbonyl (C=O) groups excluding carboxylic acids is 2. The molecule has 14 heteroatoms. The van der Waals surface area contributed by atoms with Crippen LogP contribution in [0.15, 0.2) is 81.7 Å². The molecule has 1 aromatic heterocycles. The highest BCUT2D eigenvalue weighted by atomic mass is 127. The predicted molar refractivity (Wildman–Crippen MR) is 192 cm³/mol. The number of carboxylic acid groups (broad SMARTS) is 1. The summed E-state index contributed by atoms with van der Waals surface area (Å²) in [6, 6.07) is 16.1. The Hall–Kier alpha value is -4.96. The predicted octanol–water partition coefficient (Wildman–Crippen LogP) is 4.63. The molecule has 4 aromatic rings. The lowest BCUT2D eigenvalue weighted by atomic mass is 9.95. The number of rotatable bonds is 13. The van der Waals surface area contributed by atoms with Crippen LogP contribution in [-0.4, -0.2) is 54.5 Å². The SMILES string of the molecule is CCOC(=O)C1=C(C)N=c2s/c(=C\c3ccc(OCc4ccc(C(=O)O)cc4)c(I)c3)c(=O)n2[C@H]1c1ccc(OCC(=O)OC)c(OCC)c1. The fourth-order valence-electron chi connectivity index (χ4n) is 5.16. The van der Waals surface area contributed by atoms with E-state index in [4.69, 9.17) is 24.1 Å². The molecule has 0 saturated heterocycles. The minimum Gasteiger partial charge on any atom is -0.490 e. The highest BCUT2D eigenvalue weighted by Crippen LogP contribution is 2.36. The van der Waals surface area contributed by atoms with Crippen LogP contribution in [0.1, 0.15) is 53.9 Å². The third kappa shape index (κ3) is 8.08. The molecule has 2 heterocycles. The first kappa shape index (κ1) is 36.3. The van der Waals surface area contributed by atoms with Gasteiger partial charge in [-0.3, -0.25) is 9.36 Å². The molecule has 0 fully saturated rings. The quantitative estimate of drug-likeness (QED) is 0.150. The fraction of sp³-hybridized carbons (Fsp3) is 0.250. The van der Waals surface area contributed by atoms with Gasteiger partial charge in [-0.05, 0) is 103 Å². The molecule has 0 saturated carbocycles. The third-order valence-electron chi connectivity index (χ3n) is 7.52. The number of benzene rings is 3. The van der Waals surface area contributed by atoms with Gasteiger partial charge in [-0.15, -0.1) is 0 Å². The molecule has 0 radical (unpaired) electrons. The molecule has 12 nitrogen and oxygen atoms in total. The van der Waals surface area contributed by atoms with Gasteiger partial charge in [-0.1, -0.05) is 35.6 Å². The number of esters is 2. The Labute approximate surface area is 304 Å². The summed E-state index contributed by atoms with van der Waals surface area (Å²) in [5.41, 5.74) is 2.60. The normalized spacial score (nSPS) is 14.0. The first-order chi connectivity index (χ1) is 24.0. The number of nitrogens with zero attached hydrogens (tertiary/aromatic N) is 2. The Balaban J connectivity index is 1.51. The lowest BCUT2D eigenvalue weighted by molar-refractivity contribution is -0.143. The van der Waals surface area contributed by atoms with Gasteiger partial charge in [-0.2, -0.15) is 0 Å². The number of fused-ring (bicyclic) bond motifs is 1. The molecule has 1 aliphatic heterocycles. The molecule has 1 N–H and O–H groups in total. The second kappa shape index (κ2) is 16.2. The van der Waals surface area contributed by atoms with E-state index < -0.39 is 23.9 Å². The van der Waals surface area contributed by atoms with Crippen molar-refractivity contribution in [2.45, 2.75) is 33.4 Å². The fourth-order valence-corrected chi connectivity index (χ4v) is 6.91. The zero-order chi connectivity index (χ0) is 35.9. The smallest absolute Gasteiger partial charge is 0.343 e. The highest BCUT2D eigenvalue weighted by molar-refractivity contribution is 14.1. The molecule has 50 heavy (non-hydrogen) atoms. The molecule has 1 atom stereocenters. The standard InChI is InChI=1S/C36H33IN2O10S/c1-5-46-28-17-24(12-14-27(28)49-19-30(40)45-4)32-31(35(44)47-6-2)20(3)38-36-39(32)33(41)29(50-36)16-22-9-13-26(25(37)15-22)48-18-21-7-10-23(11-8-21)34(42)43/h7-17,32H,5-6,18-19H2,1-4H3,(H,42,43)/b29-16-/t32-/m0/s1. The van der Waals surface area contributed by atoms with Crippen molar-refractivity contribution in [1.29, 1.82) is 0 Å². The van der Waals surface area contributed by atoms with Crippen molar-refractivity contribution < 1.29 is 43.2 Å². The number of aromatic nitrogens is 1. The Morgan fingerprint density at radius 2 is 1.70 bits per heavy atom. The summed E-state index contributed by atoms with van der Waals surface area (Å²) in [6.45, 7) is 5.56. The number of methoxy groups -OCH3 is 1. The van der Waals surface area contributed by atoms with Crippen molar-refractivity contribution in [2.75, 3.05) is 26.9 Å². The number of hydrogen-bond acceptors (Lipinski definition) is 11. The minimum atomic E-state index is -0.992. The number of hydrogen-bond donors (Lipinski definition) is 1. The van der Waals surface area contributed by atoms with Gasteiger partial charge >= 0.3 is 17.9 Å². The maximum atomic E-state index is 14.1. The summed E-state index contributed by atoms with van der Waals surface area (Å²) < 4.78 is 30.2. The topological polar surface area (TPSA) is 152 Å². The Kier molecular flexibility index (Phi) is 11.7. The summed E-state index contributed by atoms with van der Waals surface area (Å²) in [7, 11) is 1.26. The molecule has 5 rings (SSSR count). The van der Waals surface area contributed by atoms with Gasteiger partial charge in [0.2, 0.25) is 0 Å². The van der Waals surface area contributed by atoms with Gasteiger partial charge in [0, 0.05) is 0 Å². The van der Waals surface area contributed by atoms with Crippen molar-refractivity contribution >= 4 is 57.9 Å². The average Bonchev–Trinajstić information content (AvgIpc) is 3.40. The molecule has 1 aliphatic rings. The number of carboxylic acids is 1. The number of halogens is 1. The van der Waals surface area contributed by atoms with Crippen LogP contribution in [0.4, 0.5) is 0 Å². The average molecular weight is 813 g/mol. The summed E-state index contributed by atoms with van der Waals surface area (Å²) in [6.07, 6.45) is 1.76. The summed E-state index contributed by atoms with van der Waals surface area (Å²) in [5.74, 6) is -0.902. The Bertz CT molecular complexity index is 2150.